The van der Waals surface area contributed by atoms with Gasteiger partial charge in [0, 0.05) is 26.6 Å². The van der Waals surface area contributed by atoms with Gasteiger partial charge in [-0.1, -0.05) is 12.2 Å². The van der Waals surface area contributed by atoms with Gasteiger partial charge in [-0.2, -0.15) is 0 Å². The number of piperidine rings is 1. The van der Waals surface area contributed by atoms with E-state index in [2.05, 4.69) is 0 Å². The molecule has 2 aliphatic rings. The molecule has 1 fully saturated rings. The van der Waals surface area contributed by atoms with Crippen molar-refractivity contribution in [1.29, 1.82) is 0 Å². The first-order chi connectivity index (χ1) is 9.58. The Balaban J connectivity index is 1.84. The molecule has 2 heterocycles. The van der Waals surface area contributed by atoms with E-state index in [1.165, 1.54) is 17.1 Å². The minimum atomic E-state index is -0.242. The summed E-state index contributed by atoms with van der Waals surface area (Å²) in [7, 11) is 0. The maximum atomic E-state index is 11.9. The molecule has 0 aromatic rings. The molecule has 2 rings (SSSR count). The summed E-state index contributed by atoms with van der Waals surface area (Å²) in [4.78, 5) is 37.8. The number of nitrogens with zero attached hydrogens (tertiary/aromatic N) is 2. The number of imide groups is 1. The van der Waals surface area contributed by atoms with Crippen LogP contribution in [0.15, 0.2) is 24.3 Å². The fourth-order valence-electron chi connectivity index (χ4n) is 2.52. The first kappa shape index (κ1) is 14.5. The van der Waals surface area contributed by atoms with Crippen LogP contribution in [0.2, 0.25) is 0 Å². The molecule has 0 unspecified atom stereocenters. The van der Waals surface area contributed by atoms with Crippen molar-refractivity contribution in [1.82, 2.24) is 9.80 Å². The standard InChI is InChI=1S/C15H20N2O3/c1-12(18)16-10-7-13(8-11-16)5-6-15(20)17-9-3-2-4-14(17)19/h2,4-6,13H,3,7-11H2,1H3/b6-5+. The number of hydrogen-bond acceptors (Lipinski definition) is 3. The Morgan fingerprint density at radius 2 is 1.95 bits per heavy atom. The summed E-state index contributed by atoms with van der Waals surface area (Å²) >= 11 is 0. The minimum absolute atomic E-state index is 0.106. The molecule has 0 aromatic carbocycles. The molecule has 3 amide bonds. The molecule has 0 spiro atoms. The van der Waals surface area contributed by atoms with Gasteiger partial charge in [-0.15, -0.1) is 0 Å². The van der Waals surface area contributed by atoms with Gasteiger partial charge in [0.1, 0.15) is 0 Å². The van der Waals surface area contributed by atoms with Gasteiger partial charge in [0.15, 0.2) is 0 Å². The molecule has 5 heteroatoms. The van der Waals surface area contributed by atoms with E-state index in [9.17, 15) is 14.4 Å². The summed E-state index contributed by atoms with van der Waals surface area (Å²) in [5.41, 5.74) is 0. The quantitative estimate of drug-likeness (QED) is 0.710. The summed E-state index contributed by atoms with van der Waals surface area (Å²) in [6.45, 7) is 3.52. The highest BCUT2D eigenvalue weighted by atomic mass is 16.2. The lowest BCUT2D eigenvalue weighted by molar-refractivity contribution is -0.139. The third-order valence-electron chi connectivity index (χ3n) is 3.81. The molecule has 20 heavy (non-hydrogen) atoms. The lowest BCUT2D eigenvalue weighted by Gasteiger charge is -2.29. The van der Waals surface area contributed by atoms with E-state index >= 15 is 0 Å². The van der Waals surface area contributed by atoms with Crippen LogP contribution in [-0.2, 0) is 14.4 Å². The predicted octanol–water partition coefficient (Wildman–Crippen LogP) is 1.12. The van der Waals surface area contributed by atoms with Gasteiger partial charge in [-0.3, -0.25) is 19.3 Å². The molecule has 2 aliphatic heterocycles. The molecule has 0 N–H and O–H groups in total. The van der Waals surface area contributed by atoms with Crippen molar-refractivity contribution in [2.45, 2.75) is 26.2 Å². The maximum Gasteiger partial charge on any atom is 0.253 e. The zero-order chi connectivity index (χ0) is 14.5. The Kier molecular flexibility index (Phi) is 4.71. The molecule has 0 bridgehead atoms. The highest BCUT2D eigenvalue weighted by molar-refractivity contribution is 6.05. The van der Waals surface area contributed by atoms with Gasteiger partial charge < -0.3 is 4.90 Å². The van der Waals surface area contributed by atoms with Gasteiger partial charge in [0.25, 0.3) is 11.8 Å². The molecular formula is C15H20N2O3. The van der Waals surface area contributed by atoms with E-state index in [-0.39, 0.29) is 17.7 Å². The zero-order valence-corrected chi connectivity index (χ0v) is 11.7. The van der Waals surface area contributed by atoms with Gasteiger partial charge in [0.2, 0.25) is 5.91 Å². The van der Waals surface area contributed by atoms with Crippen molar-refractivity contribution >= 4 is 17.7 Å². The second-order valence-corrected chi connectivity index (χ2v) is 5.22. The van der Waals surface area contributed by atoms with Crippen molar-refractivity contribution in [2.24, 2.45) is 5.92 Å². The van der Waals surface area contributed by atoms with E-state index in [0.717, 1.165) is 32.4 Å². The molecule has 0 aliphatic carbocycles. The highest BCUT2D eigenvalue weighted by Crippen LogP contribution is 2.18. The lowest BCUT2D eigenvalue weighted by atomic mass is 9.96. The Labute approximate surface area is 118 Å². The van der Waals surface area contributed by atoms with E-state index < -0.39 is 0 Å². The SMILES string of the molecule is CC(=O)N1CCC(/C=C/C(=O)N2CCC=CC2=O)CC1. The largest absolute Gasteiger partial charge is 0.343 e. The summed E-state index contributed by atoms with van der Waals surface area (Å²) < 4.78 is 0. The Bertz CT molecular complexity index is 460. The van der Waals surface area contributed by atoms with E-state index in [0.29, 0.717) is 12.5 Å². The van der Waals surface area contributed by atoms with E-state index in [1.807, 2.05) is 11.0 Å². The highest BCUT2D eigenvalue weighted by Gasteiger charge is 2.21. The van der Waals surface area contributed by atoms with Crippen LogP contribution in [0.25, 0.3) is 0 Å². The number of likely N-dealkylation sites (tertiary alicyclic amines) is 1. The van der Waals surface area contributed by atoms with Gasteiger partial charge in [0.05, 0.1) is 0 Å². The second-order valence-electron chi connectivity index (χ2n) is 5.22. The Hall–Kier alpha value is -1.91. The normalized spacial score (nSPS) is 20.8. The van der Waals surface area contributed by atoms with Gasteiger partial charge in [-0.05, 0) is 37.3 Å². The molecule has 0 saturated carbocycles. The third-order valence-corrected chi connectivity index (χ3v) is 3.81. The Morgan fingerprint density at radius 3 is 2.55 bits per heavy atom. The molecule has 0 radical (unpaired) electrons. The van der Waals surface area contributed by atoms with Crippen molar-refractivity contribution < 1.29 is 14.4 Å². The van der Waals surface area contributed by atoms with Gasteiger partial charge in [-0.25, -0.2) is 0 Å². The van der Waals surface area contributed by atoms with Crippen molar-refractivity contribution in [3.63, 3.8) is 0 Å². The number of amides is 3. The third kappa shape index (κ3) is 3.56. The zero-order valence-electron chi connectivity index (χ0n) is 11.7. The summed E-state index contributed by atoms with van der Waals surface area (Å²) in [6, 6.07) is 0. The fourth-order valence-corrected chi connectivity index (χ4v) is 2.52. The smallest absolute Gasteiger partial charge is 0.253 e. The molecule has 108 valence electrons. The average Bonchev–Trinajstić information content (AvgIpc) is 2.45. The maximum absolute atomic E-state index is 11.9. The van der Waals surface area contributed by atoms with Crippen LogP contribution in [0.3, 0.4) is 0 Å². The van der Waals surface area contributed by atoms with Crippen LogP contribution in [0.5, 0.6) is 0 Å². The van der Waals surface area contributed by atoms with Crippen molar-refractivity contribution in [3.8, 4) is 0 Å². The fraction of sp³-hybridized carbons (Fsp3) is 0.533. The second kappa shape index (κ2) is 6.50. The monoisotopic (exact) mass is 276 g/mol. The number of carbonyl (C=O) groups excluding carboxylic acids is 3. The van der Waals surface area contributed by atoms with Crippen LogP contribution in [-0.4, -0.2) is 47.2 Å². The molecule has 1 saturated heterocycles. The van der Waals surface area contributed by atoms with Gasteiger partial charge >= 0.3 is 0 Å². The molecule has 0 atom stereocenters. The molecule has 0 aromatic heterocycles. The number of allylic oxidation sites excluding steroid dienone is 1. The average molecular weight is 276 g/mol. The number of rotatable bonds is 2. The van der Waals surface area contributed by atoms with Crippen LogP contribution < -0.4 is 0 Å². The Morgan fingerprint density at radius 1 is 1.25 bits per heavy atom. The number of hydrogen-bond donors (Lipinski definition) is 0. The molecule has 5 nitrogen and oxygen atoms in total. The van der Waals surface area contributed by atoms with Crippen LogP contribution >= 0.6 is 0 Å². The number of carbonyl (C=O) groups is 3. The lowest BCUT2D eigenvalue weighted by Crippen LogP contribution is -2.38. The summed E-state index contributed by atoms with van der Waals surface area (Å²) in [5.74, 6) is -0.0650. The summed E-state index contributed by atoms with van der Waals surface area (Å²) in [5, 5.41) is 0. The summed E-state index contributed by atoms with van der Waals surface area (Å²) in [6.07, 6.45) is 9.08. The van der Waals surface area contributed by atoms with Crippen LogP contribution in [0.4, 0.5) is 0 Å². The van der Waals surface area contributed by atoms with Crippen LogP contribution in [0.1, 0.15) is 26.2 Å². The van der Waals surface area contributed by atoms with Crippen LogP contribution in [0, 0.1) is 5.92 Å². The molecular weight excluding hydrogens is 256 g/mol. The topological polar surface area (TPSA) is 57.7 Å². The first-order valence-corrected chi connectivity index (χ1v) is 7.03. The first-order valence-electron chi connectivity index (χ1n) is 7.03. The van der Waals surface area contributed by atoms with Crippen molar-refractivity contribution in [3.05, 3.63) is 24.3 Å². The predicted molar refractivity (Wildman–Crippen MR) is 74.6 cm³/mol. The minimum Gasteiger partial charge on any atom is -0.343 e. The van der Waals surface area contributed by atoms with Crippen molar-refractivity contribution in [2.75, 3.05) is 19.6 Å². The van der Waals surface area contributed by atoms with E-state index in [4.69, 9.17) is 0 Å². The van der Waals surface area contributed by atoms with E-state index in [1.54, 1.807) is 13.0 Å².